The number of nitrogens with one attached hydrogen (secondary N) is 1. The Hall–Kier alpha value is -2.15. The number of halogens is 3. The lowest BCUT2D eigenvalue weighted by Crippen LogP contribution is -2.45. The van der Waals surface area contributed by atoms with Crippen molar-refractivity contribution >= 4 is 47.4 Å². The zero-order valence-corrected chi connectivity index (χ0v) is 18.7. The van der Waals surface area contributed by atoms with Crippen LogP contribution in [0.25, 0.3) is 22.4 Å². The van der Waals surface area contributed by atoms with E-state index in [1.807, 2.05) is 25.1 Å². The number of carbonyl (C=O) groups excluding carboxylic acids is 1. The second-order valence-electron chi connectivity index (χ2n) is 7.74. The van der Waals surface area contributed by atoms with Crippen molar-refractivity contribution in [2.75, 3.05) is 5.32 Å². The Kier molecular flexibility index (Phi) is 7.82. The van der Waals surface area contributed by atoms with Crippen molar-refractivity contribution in [2.45, 2.75) is 46.2 Å². The molecule has 0 spiro atoms. The van der Waals surface area contributed by atoms with Crippen LogP contribution in [-0.2, 0) is 4.79 Å². The van der Waals surface area contributed by atoms with Crippen LogP contribution in [0.5, 0.6) is 0 Å². The smallest absolute Gasteiger partial charge is 0.243 e. The maximum Gasteiger partial charge on any atom is 0.243 e. The summed E-state index contributed by atoms with van der Waals surface area (Å²) in [5, 5.41) is 2.86. The molecule has 0 aliphatic heterocycles. The lowest BCUT2D eigenvalue weighted by molar-refractivity contribution is -0.120. The molecule has 0 fully saturated rings. The third kappa shape index (κ3) is 5.07. The number of aromatic nitrogens is 2. The van der Waals surface area contributed by atoms with Gasteiger partial charge in [-0.15, -0.1) is 24.8 Å². The molecule has 0 unspecified atom stereocenters. The van der Waals surface area contributed by atoms with Gasteiger partial charge in [0.05, 0.1) is 16.6 Å². The van der Waals surface area contributed by atoms with E-state index in [2.05, 4.69) is 28.7 Å². The number of anilines is 1. The Labute approximate surface area is 182 Å². The standard InChI is InChI=1S/C21H25FN4O.2ClH/c1-12(2)26-18-9-7-15(22)11-17(18)24-19(26)14-6-8-16(13(3)10-14)25-20(27)21(4,5)23;;/h6-12H,23H2,1-5H3,(H,25,27);2*1H. The first-order valence-electron chi connectivity index (χ1n) is 8.97. The van der Waals surface area contributed by atoms with Gasteiger partial charge in [0.15, 0.2) is 0 Å². The largest absolute Gasteiger partial charge is 0.324 e. The van der Waals surface area contributed by atoms with Gasteiger partial charge in [-0.2, -0.15) is 0 Å². The van der Waals surface area contributed by atoms with Gasteiger partial charge in [0.25, 0.3) is 0 Å². The molecular weight excluding hydrogens is 414 g/mol. The number of fused-ring (bicyclic) bond motifs is 1. The molecule has 0 saturated heterocycles. The van der Waals surface area contributed by atoms with Crippen molar-refractivity contribution in [3.63, 3.8) is 0 Å². The number of nitrogens with zero attached hydrogens (tertiary/aromatic N) is 2. The predicted molar refractivity (Wildman–Crippen MR) is 122 cm³/mol. The molecule has 3 aromatic rings. The number of amides is 1. The minimum atomic E-state index is -0.958. The topological polar surface area (TPSA) is 72.9 Å². The molecule has 3 N–H and O–H groups in total. The molecule has 0 saturated carbocycles. The van der Waals surface area contributed by atoms with E-state index >= 15 is 0 Å². The molecule has 0 atom stereocenters. The highest BCUT2D eigenvalue weighted by Crippen LogP contribution is 2.31. The van der Waals surface area contributed by atoms with Crippen LogP contribution in [0.1, 0.15) is 39.3 Å². The zero-order valence-electron chi connectivity index (χ0n) is 17.1. The lowest BCUT2D eigenvalue weighted by Gasteiger charge is -2.19. The van der Waals surface area contributed by atoms with E-state index in [-0.39, 0.29) is 42.6 Å². The van der Waals surface area contributed by atoms with Gasteiger partial charge in [0.1, 0.15) is 11.6 Å². The van der Waals surface area contributed by atoms with E-state index in [0.29, 0.717) is 11.2 Å². The molecule has 3 rings (SSSR count). The van der Waals surface area contributed by atoms with Crippen LogP contribution >= 0.6 is 24.8 Å². The number of nitrogens with two attached hydrogens (primary N) is 1. The van der Waals surface area contributed by atoms with Gasteiger partial charge in [-0.05, 0) is 70.5 Å². The second kappa shape index (κ2) is 9.11. The van der Waals surface area contributed by atoms with Crippen LogP contribution in [0.15, 0.2) is 36.4 Å². The van der Waals surface area contributed by atoms with Gasteiger partial charge in [0.2, 0.25) is 5.91 Å². The fraction of sp³-hybridized carbons (Fsp3) is 0.333. The molecule has 29 heavy (non-hydrogen) atoms. The van der Waals surface area contributed by atoms with Crippen LogP contribution in [0.2, 0.25) is 0 Å². The fourth-order valence-corrected chi connectivity index (χ4v) is 3.02. The van der Waals surface area contributed by atoms with Crippen molar-refractivity contribution in [1.29, 1.82) is 0 Å². The summed E-state index contributed by atoms with van der Waals surface area (Å²) in [7, 11) is 0. The Morgan fingerprint density at radius 2 is 1.83 bits per heavy atom. The van der Waals surface area contributed by atoms with Crippen LogP contribution < -0.4 is 11.1 Å². The van der Waals surface area contributed by atoms with E-state index in [0.717, 1.165) is 22.5 Å². The van der Waals surface area contributed by atoms with Crippen LogP contribution in [0.4, 0.5) is 10.1 Å². The Bertz CT molecular complexity index is 1030. The average molecular weight is 441 g/mol. The normalized spacial score (nSPS) is 11.2. The molecule has 2 aromatic carbocycles. The van der Waals surface area contributed by atoms with E-state index < -0.39 is 5.54 Å². The Morgan fingerprint density at radius 3 is 2.38 bits per heavy atom. The van der Waals surface area contributed by atoms with Crippen LogP contribution in [-0.4, -0.2) is 21.0 Å². The van der Waals surface area contributed by atoms with Crippen molar-refractivity contribution in [1.82, 2.24) is 9.55 Å². The molecule has 0 aliphatic carbocycles. The number of aryl methyl sites for hydroxylation is 1. The van der Waals surface area contributed by atoms with E-state index in [4.69, 9.17) is 5.73 Å². The van der Waals surface area contributed by atoms with Gasteiger partial charge in [-0.25, -0.2) is 9.37 Å². The minimum absolute atomic E-state index is 0. The summed E-state index contributed by atoms with van der Waals surface area (Å²) < 4.78 is 15.7. The van der Waals surface area contributed by atoms with Gasteiger partial charge in [-0.1, -0.05) is 0 Å². The van der Waals surface area contributed by atoms with Crippen molar-refractivity contribution in [3.05, 3.63) is 47.8 Å². The SMILES string of the molecule is Cc1cc(-c2nc3cc(F)ccc3n2C(C)C)ccc1NC(=O)C(C)(C)N.Cl.Cl. The molecular formula is C21H27Cl2FN4O. The quantitative estimate of drug-likeness (QED) is 0.581. The highest BCUT2D eigenvalue weighted by Gasteiger charge is 2.22. The lowest BCUT2D eigenvalue weighted by atomic mass is 10.0. The Balaban J connectivity index is 0.00000210. The van der Waals surface area contributed by atoms with Gasteiger partial charge in [0, 0.05) is 23.4 Å². The molecule has 0 radical (unpaired) electrons. The van der Waals surface area contributed by atoms with E-state index in [1.165, 1.54) is 12.1 Å². The number of rotatable bonds is 4. The number of benzene rings is 2. The van der Waals surface area contributed by atoms with Crippen molar-refractivity contribution in [3.8, 4) is 11.4 Å². The summed E-state index contributed by atoms with van der Waals surface area (Å²) in [5.74, 6) is 0.218. The molecule has 5 nitrogen and oxygen atoms in total. The average Bonchev–Trinajstić information content (AvgIpc) is 2.94. The number of hydrogen-bond donors (Lipinski definition) is 2. The first-order chi connectivity index (χ1) is 12.6. The molecule has 1 aromatic heterocycles. The second-order valence-corrected chi connectivity index (χ2v) is 7.74. The third-order valence-electron chi connectivity index (χ3n) is 4.49. The molecule has 1 heterocycles. The van der Waals surface area contributed by atoms with E-state index in [9.17, 15) is 9.18 Å². The summed E-state index contributed by atoms with van der Waals surface area (Å²) in [6, 6.07) is 10.5. The van der Waals surface area contributed by atoms with Crippen LogP contribution in [0, 0.1) is 12.7 Å². The number of imidazole rings is 1. The summed E-state index contributed by atoms with van der Waals surface area (Å²) in [5.41, 5.74) is 8.92. The molecule has 0 bridgehead atoms. The molecule has 0 aliphatic rings. The maximum atomic E-state index is 13.6. The highest BCUT2D eigenvalue weighted by molar-refractivity contribution is 5.98. The summed E-state index contributed by atoms with van der Waals surface area (Å²) in [4.78, 5) is 16.8. The first-order valence-corrected chi connectivity index (χ1v) is 8.97. The van der Waals surface area contributed by atoms with Gasteiger partial charge in [-0.3, -0.25) is 4.79 Å². The summed E-state index contributed by atoms with van der Waals surface area (Å²) in [6.07, 6.45) is 0. The Morgan fingerprint density at radius 1 is 1.17 bits per heavy atom. The summed E-state index contributed by atoms with van der Waals surface area (Å²) in [6.45, 7) is 9.38. The minimum Gasteiger partial charge on any atom is -0.324 e. The van der Waals surface area contributed by atoms with Crippen molar-refractivity contribution in [2.24, 2.45) is 5.73 Å². The monoisotopic (exact) mass is 440 g/mol. The predicted octanol–water partition coefficient (Wildman–Crippen LogP) is 5.25. The fourth-order valence-electron chi connectivity index (χ4n) is 3.02. The molecule has 1 amide bonds. The molecule has 8 heteroatoms. The number of carbonyl (C=O) groups is 1. The third-order valence-corrected chi connectivity index (χ3v) is 4.49. The van der Waals surface area contributed by atoms with Gasteiger partial charge >= 0.3 is 0 Å². The van der Waals surface area contributed by atoms with E-state index in [1.54, 1.807) is 19.9 Å². The van der Waals surface area contributed by atoms with Crippen LogP contribution in [0.3, 0.4) is 0 Å². The number of hydrogen-bond acceptors (Lipinski definition) is 3. The van der Waals surface area contributed by atoms with Crippen molar-refractivity contribution < 1.29 is 9.18 Å². The maximum absolute atomic E-state index is 13.6. The summed E-state index contributed by atoms with van der Waals surface area (Å²) >= 11 is 0. The van der Waals surface area contributed by atoms with Gasteiger partial charge < -0.3 is 15.6 Å². The molecule has 158 valence electrons. The first kappa shape index (κ1) is 24.9. The highest BCUT2D eigenvalue weighted by atomic mass is 35.5. The zero-order chi connectivity index (χ0) is 19.9.